The average molecular weight is 494 g/mol. The van der Waals surface area contributed by atoms with E-state index in [1.807, 2.05) is 24.3 Å². The van der Waals surface area contributed by atoms with Crippen LogP contribution in [-0.2, 0) is 21.8 Å². The summed E-state index contributed by atoms with van der Waals surface area (Å²) in [7, 11) is -3.53. The van der Waals surface area contributed by atoms with Crippen LogP contribution in [0.2, 0.25) is 0 Å². The molecule has 5 rings (SSSR count). The lowest BCUT2D eigenvalue weighted by Crippen LogP contribution is -2.06. The lowest BCUT2D eigenvalue weighted by molar-refractivity contribution is -0.137. The van der Waals surface area contributed by atoms with Gasteiger partial charge in [0.05, 0.1) is 32.9 Å². The zero-order valence-electron chi connectivity index (χ0n) is 18.1. The molecule has 0 saturated carbocycles. The van der Waals surface area contributed by atoms with E-state index >= 15 is 0 Å². The Labute approximate surface area is 199 Å². The Hall–Kier alpha value is -3.98. The Morgan fingerprint density at radius 2 is 1.46 bits per heavy atom. The molecule has 2 aromatic heterocycles. The number of hydrogen-bond donors (Lipinski definition) is 1. The number of nitrogens with zero attached hydrogens (tertiary/aromatic N) is 2. The Bertz CT molecular complexity index is 1590. The van der Waals surface area contributed by atoms with Gasteiger partial charge in [0, 0.05) is 11.8 Å². The number of pyridine rings is 1. The highest BCUT2D eigenvalue weighted by molar-refractivity contribution is 7.90. The van der Waals surface area contributed by atoms with Crippen LogP contribution in [0, 0.1) is 0 Å². The first-order chi connectivity index (χ1) is 16.7. The topological polar surface area (TPSA) is 75.7 Å². The maximum atomic E-state index is 13.0. The van der Waals surface area contributed by atoms with Crippen LogP contribution in [0.15, 0.2) is 96.0 Å². The molecule has 3 aromatic carbocycles. The van der Waals surface area contributed by atoms with E-state index in [1.54, 1.807) is 48.7 Å². The van der Waals surface area contributed by atoms with Crippen molar-refractivity contribution in [3.63, 3.8) is 0 Å². The molecule has 0 spiro atoms. The molecule has 0 radical (unpaired) electrons. The first-order valence-electron chi connectivity index (χ1n) is 10.6. The SMILES string of the molecule is O=S(=O)(Cc1ccccn1)c1ccc(-c2ccc(-c3nc4cc(C(F)(F)F)ccc4[nH]3)cc2)cc1. The number of nitrogens with one attached hydrogen (secondary N) is 1. The van der Waals surface area contributed by atoms with Crippen molar-refractivity contribution < 1.29 is 21.6 Å². The monoisotopic (exact) mass is 493 g/mol. The summed E-state index contributed by atoms with van der Waals surface area (Å²) in [4.78, 5) is 11.6. The fourth-order valence-corrected chi connectivity index (χ4v) is 5.03. The van der Waals surface area contributed by atoms with Gasteiger partial charge in [0.2, 0.25) is 0 Å². The fraction of sp³-hybridized carbons (Fsp3) is 0.0769. The number of sulfone groups is 1. The molecule has 0 bridgehead atoms. The summed E-state index contributed by atoms with van der Waals surface area (Å²) in [6.45, 7) is 0. The van der Waals surface area contributed by atoms with E-state index in [4.69, 9.17) is 0 Å². The zero-order valence-corrected chi connectivity index (χ0v) is 18.9. The number of benzene rings is 3. The summed E-state index contributed by atoms with van der Waals surface area (Å²) in [5.41, 5.74) is 2.89. The number of imidazole rings is 1. The normalized spacial score (nSPS) is 12.2. The van der Waals surface area contributed by atoms with Crippen LogP contribution in [-0.4, -0.2) is 23.4 Å². The van der Waals surface area contributed by atoms with E-state index in [-0.39, 0.29) is 16.2 Å². The van der Waals surface area contributed by atoms with Crippen LogP contribution in [0.3, 0.4) is 0 Å². The summed E-state index contributed by atoms with van der Waals surface area (Å²) in [5, 5.41) is 0. The molecule has 5 aromatic rings. The minimum absolute atomic E-state index is 0.177. The predicted octanol–water partition coefficient (Wildman–Crippen LogP) is 6.28. The second-order valence-electron chi connectivity index (χ2n) is 8.00. The van der Waals surface area contributed by atoms with Crippen molar-refractivity contribution >= 4 is 20.9 Å². The van der Waals surface area contributed by atoms with Crippen LogP contribution in [0.25, 0.3) is 33.5 Å². The number of halogens is 3. The number of hydrogen-bond acceptors (Lipinski definition) is 4. The molecule has 5 nitrogen and oxygen atoms in total. The Kier molecular flexibility index (Phi) is 5.64. The first-order valence-corrected chi connectivity index (χ1v) is 12.2. The third-order valence-corrected chi connectivity index (χ3v) is 7.25. The van der Waals surface area contributed by atoms with Crippen molar-refractivity contribution in [3.05, 3.63) is 102 Å². The molecule has 1 N–H and O–H groups in total. The fourth-order valence-electron chi connectivity index (χ4n) is 3.76. The van der Waals surface area contributed by atoms with Gasteiger partial charge < -0.3 is 4.98 Å². The summed E-state index contributed by atoms with van der Waals surface area (Å²) in [5.74, 6) is 0.283. The Morgan fingerprint density at radius 1 is 0.800 bits per heavy atom. The van der Waals surface area contributed by atoms with E-state index in [0.717, 1.165) is 23.3 Å². The second kappa shape index (κ2) is 8.66. The van der Waals surface area contributed by atoms with Gasteiger partial charge in [-0.1, -0.05) is 42.5 Å². The van der Waals surface area contributed by atoms with Gasteiger partial charge in [-0.15, -0.1) is 0 Å². The number of aromatic nitrogens is 3. The highest BCUT2D eigenvalue weighted by Gasteiger charge is 2.30. The van der Waals surface area contributed by atoms with Gasteiger partial charge in [0.1, 0.15) is 5.82 Å². The smallest absolute Gasteiger partial charge is 0.338 e. The highest BCUT2D eigenvalue weighted by Crippen LogP contribution is 2.32. The number of rotatable bonds is 5. The molecule has 0 unspecified atom stereocenters. The molecule has 0 aliphatic carbocycles. The molecule has 0 saturated heterocycles. The third-order valence-electron chi connectivity index (χ3n) is 5.58. The average Bonchev–Trinajstić information content (AvgIpc) is 3.28. The largest absolute Gasteiger partial charge is 0.416 e. The van der Waals surface area contributed by atoms with Gasteiger partial charge in [-0.3, -0.25) is 4.98 Å². The number of alkyl halides is 3. The van der Waals surface area contributed by atoms with Gasteiger partial charge in [-0.25, -0.2) is 13.4 Å². The number of fused-ring (bicyclic) bond motifs is 1. The van der Waals surface area contributed by atoms with Crippen molar-refractivity contribution in [3.8, 4) is 22.5 Å². The zero-order chi connectivity index (χ0) is 24.6. The van der Waals surface area contributed by atoms with E-state index in [1.165, 1.54) is 6.07 Å². The number of H-pyrrole nitrogens is 1. The molecule has 9 heteroatoms. The summed E-state index contributed by atoms with van der Waals surface area (Å²) in [6.07, 6.45) is -2.87. The molecule has 0 aliphatic rings. The van der Waals surface area contributed by atoms with Crippen molar-refractivity contribution in [1.82, 2.24) is 15.0 Å². The molecule has 0 amide bonds. The molecular weight excluding hydrogens is 475 g/mol. The van der Waals surface area contributed by atoms with Crippen molar-refractivity contribution in [2.75, 3.05) is 0 Å². The van der Waals surface area contributed by atoms with Crippen molar-refractivity contribution in [2.24, 2.45) is 0 Å². The predicted molar refractivity (Wildman–Crippen MR) is 127 cm³/mol. The van der Waals surface area contributed by atoms with Crippen LogP contribution in [0.1, 0.15) is 11.3 Å². The third kappa shape index (κ3) is 4.81. The minimum atomic E-state index is -4.43. The van der Waals surface area contributed by atoms with Gasteiger partial charge in [-0.05, 0) is 53.6 Å². The molecule has 0 atom stereocenters. The minimum Gasteiger partial charge on any atom is -0.338 e. The summed E-state index contributed by atoms with van der Waals surface area (Å²) in [6, 6.07) is 22.5. The van der Waals surface area contributed by atoms with Gasteiger partial charge in [0.15, 0.2) is 9.84 Å². The van der Waals surface area contributed by atoms with Gasteiger partial charge >= 0.3 is 6.18 Å². The Morgan fingerprint density at radius 3 is 2.09 bits per heavy atom. The molecule has 0 fully saturated rings. The van der Waals surface area contributed by atoms with E-state index < -0.39 is 21.6 Å². The molecular formula is C26H18F3N3O2S. The van der Waals surface area contributed by atoms with Crippen LogP contribution in [0.4, 0.5) is 13.2 Å². The lowest BCUT2D eigenvalue weighted by atomic mass is 10.0. The maximum Gasteiger partial charge on any atom is 0.416 e. The van der Waals surface area contributed by atoms with E-state index in [9.17, 15) is 21.6 Å². The molecule has 2 heterocycles. The molecule has 0 aliphatic heterocycles. The first kappa shape index (κ1) is 22.8. The molecule has 176 valence electrons. The summed E-state index contributed by atoms with van der Waals surface area (Å²) < 4.78 is 64.3. The van der Waals surface area contributed by atoms with Gasteiger partial charge in [0.25, 0.3) is 0 Å². The quantitative estimate of drug-likeness (QED) is 0.312. The van der Waals surface area contributed by atoms with Gasteiger partial charge in [-0.2, -0.15) is 13.2 Å². The van der Waals surface area contributed by atoms with Crippen molar-refractivity contribution in [2.45, 2.75) is 16.8 Å². The van der Waals surface area contributed by atoms with Crippen LogP contribution >= 0.6 is 0 Å². The standard InChI is InChI=1S/C26H18F3N3O2S/c27-26(28,29)20-10-13-23-24(15-20)32-25(31-23)19-6-4-17(5-7-19)18-8-11-22(12-9-18)35(33,34)16-21-3-1-2-14-30-21/h1-15H,16H2,(H,31,32). The van der Waals surface area contributed by atoms with Crippen LogP contribution in [0.5, 0.6) is 0 Å². The van der Waals surface area contributed by atoms with Crippen molar-refractivity contribution in [1.29, 1.82) is 0 Å². The molecule has 35 heavy (non-hydrogen) atoms. The summed E-state index contributed by atoms with van der Waals surface area (Å²) >= 11 is 0. The van der Waals surface area contributed by atoms with E-state index in [0.29, 0.717) is 22.6 Å². The van der Waals surface area contributed by atoms with Crippen LogP contribution < -0.4 is 0 Å². The van der Waals surface area contributed by atoms with E-state index in [2.05, 4.69) is 15.0 Å². The highest BCUT2D eigenvalue weighted by atomic mass is 32.2. The lowest BCUT2D eigenvalue weighted by Gasteiger charge is -2.07. The number of aromatic amines is 1. The second-order valence-corrected chi connectivity index (χ2v) is 9.99. The Balaban J connectivity index is 1.36. The maximum absolute atomic E-state index is 13.0.